The molecule has 1 aromatic heterocycles. The van der Waals surface area contributed by atoms with Gasteiger partial charge in [0.25, 0.3) is 5.69 Å². The zero-order valence-corrected chi connectivity index (χ0v) is 9.18. The van der Waals surface area contributed by atoms with Crippen molar-refractivity contribution in [2.45, 2.75) is 6.73 Å². The highest BCUT2D eigenvalue weighted by Crippen LogP contribution is 2.22. The first-order valence-corrected chi connectivity index (χ1v) is 5.02. The van der Waals surface area contributed by atoms with Crippen molar-refractivity contribution in [3.05, 3.63) is 46.5 Å². The number of ether oxygens (including phenoxy) is 1. The van der Waals surface area contributed by atoms with Gasteiger partial charge >= 0.3 is 0 Å². The van der Waals surface area contributed by atoms with Gasteiger partial charge < -0.3 is 14.9 Å². The van der Waals surface area contributed by atoms with Crippen LogP contribution < -0.4 is 4.74 Å². The Balaban J connectivity index is 2.04. The number of aromatic hydroxyl groups is 2. The van der Waals surface area contributed by atoms with Crippen LogP contribution in [0.2, 0.25) is 0 Å². The summed E-state index contributed by atoms with van der Waals surface area (Å²) in [6.07, 6.45) is 0. The van der Waals surface area contributed by atoms with Gasteiger partial charge in [0.15, 0.2) is 18.5 Å². The topological polar surface area (TPSA) is 97.8 Å². The summed E-state index contributed by atoms with van der Waals surface area (Å²) < 4.78 is 6.41. The van der Waals surface area contributed by atoms with Crippen LogP contribution in [0.15, 0.2) is 36.4 Å². The third-order valence-corrected chi connectivity index (χ3v) is 2.34. The van der Waals surface area contributed by atoms with E-state index in [9.17, 15) is 20.3 Å². The fourth-order valence-electron chi connectivity index (χ4n) is 1.38. The quantitative estimate of drug-likeness (QED) is 0.637. The SMILES string of the molecule is O=[N+]([O-])c1ccc(OCn2c(O)ccc2O)cc1. The van der Waals surface area contributed by atoms with Gasteiger partial charge in [0, 0.05) is 24.3 Å². The molecule has 0 saturated carbocycles. The Morgan fingerprint density at radius 1 is 1.11 bits per heavy atom. The van der Waals surface area contributed by atoms with Crippen molar-refractivity contribution in [3.63, 3.8) is 0 Å². The maximum absolute atomic E-state index is 10.4. The molecule has 2 N–H and O–H groups in total. The molecule has 7 nitrogen and oxygen atoms in total. The largest absolute Gasteiger partial charge is 0.494 e. The second-order valence-corrected chi connectivity index (χ2v) is 3.50. The fourth-order valence-corrected chi connectivity index (χ4v) is 1.38. The monoisotopic (exact) mass is 250 g/mol. The summed E-state index contributed by atoms with van der Waals surface area (Å²) in [4.78, 5) is 9.93. The van der Waals surface area contributed by atoms with Gasteiger partial charge in [0.05, 0.1) is 4.92 Å². The van der Waals surface area contributed by atoms with E-state index in [2.05, 4.69) is 0 Å². The van der Waals surface area contributed by atoms with E-state index in [1.165, 1.54) is 36.4 Å². The van der Waals surface area contributed by atoms with Crippen LogP contribution in [0, 0.1) is 10.1 Å². The number of hydrogen-bond donors (Lipinski definition) is 2. The maximum atomic E-state index is 10.4. The van der Waals surface area contributed by atoms with E-state index in [0.717, 1.165) is 4.57 Å². The maximum Gasteiger partial charge on any atom is 0.269 e. The van der Waals surface area contributed by atoms with Gasteiger partial charge in [0.2, 0.25) is 0 Å². The highest BCUT2D eigenvalue weighted by atomic mass is 16.6. The van der Waals surface area contributed by atoms with Crippen LogP contribution in [-0.2, 0) is 6.73 Å². The van der Waals surface area contributed by atoms with Gasteiger partial charge in [-0.05, 0) is 12.1 Å². The molecule has 0 spiro atoms. The number of nitro groups is 1. The molecule has 0 fully saturated rings. The lowest BCUT2D eigenvalue weighted by Crippen LogP contribution is -2.03. The molecule has 0 radical (unpaired) electrons. The molecule has 2 aromatic rings. The number of benzene rings is 1. The van der Waals surface area contributed by atoms with Crippen molar-refractivity contribution in [2.75, 3.05) is 0 Å². The third-order valence-electron chi connectivity index (χ3n) is 2.34. The molecule has 0 saturated heterocycles. The van der Waals surface area contributed by atoms with Crippen molar-refractivity contribution in [3.8, 4) is 17.5 Å². The molecule has 0 atom stereocenters. The number of aromatic nitrogens is 1. The first kappa shape index (κ1) is 11.8. The van der Waals surface area contributed by atoms with Gasteiger partial charge in [-0.25, -0.2) is 4.57 Å². The molecule has 0 aliphatic carbocycles. The van der Waals surface area contributed by atoms with E-state index in [-0.39, 0.29) is 24.2 Å². The van der Waals surface area contributed by atoms with E-state index >= 15 is 0 Å². The second kappa shape index (κ2) is 4.66. The fraction of sp³-hybridized carbons (Fsp3) is 0.0909. The van der Waals surface area contributed by atoms with Crippen LogP contribution in [0.4, 0.5) is 5.69 Å². The molecular formula is C11H10N2O5. The lowest BCUT2D eigenvalue weighted by molar-refractivity contribution is -0.384. The molecule has 2 rings (SSSR count). The van der Waals surface area contributed by atoms with Crippen LogP contribution in [0.5, 0.6) is 17.5 Å². The molecule has 0 amide bonds. The third kappa shape index (κ3) is 2.34. The Morgan fingerprint density at radius 2 is 1.67 bits per heavy atom. The molecule has 0 aliphatic heterocycles. The lowest BCUT2D eigenvalue weighted by atomic mass is 10.3. The molecule has 1 aromatic carbocycles. The zero-order valence-electron chi connectivity index (χ0n) is 9.18. The summed E-state index contributed by atoms with van der Waals surface area (Å²) in [5, 5.41) is 29.2. The van der Waals surface area contributed by atoms with Crippen molar-refractivity contribution in [2.24, 2.45) is 0 Å². The van der Waals surface area contributed by atoms with E-state index < -0.39 is 4.92 Å². The highest BCUT2D eigenvalue weighted by Gasteiger charge is 2.07. The van der Waals surface area contributed by atoms with Crippen LogP contribution >= 0.6 is 0 Å². The van der Waals surface area contributed by atoms with Crippen molar-refractivity contribution >= 4 is 5.69 Å². The predicted molar refractivity (Wildman–Crippen MR) is 61.5 cm³/mol. The van der Waals surface area contributed by atoms with Gasteiger partial charge in [0.1, 0.15) is 5.75 Å². The number of rotatable bonds is 4. The highest BCUT2D eigenvalue weighted by molar-refractivity contribution is 5.36. The molecular weight excluding hydrogens is 240 g/mol. The summed E-state index contributed by atoms with van der Waals surface area (Å²) in [5.41, 5.74) is -0.0333. The van der Waals surface area contributed by atoms with Gasteiger partial charge in [-0.1, -0.05) is 0 Å². The molecule has 18 heavy (non-hydrogen) atoms. The number of nitro benzene ring substituents is 1. The number of non-ortho nitro benzene ring substituents is 1. The van der Waals surface area contributed by atoms with Crippen LogP contribution in [0.25, 0.3) is 0 Å². The van der Waals surface area contributed by atoms with E-state index in [1.807, 2.05) is 0 Å². The normalized spacial score (nSPS) is 10.2. The minimum atomic E-state index is -0.507. The smallest absolute Gasteiger partial charge is 0.269 e. The molecule has 7 heteroatoms. The van der Waals surface area contributed by atoms with Crippen LogP contribution in [0.1, 0.15) is 0 Å². The average Bonchev–Trinajstić information content (AvgIpc) is 2.67. The summed E-state index contributed by atoms with van der Waals surface area (Å²) in [6.45, 7) is -0.0948. The second-order valence-electron chi connectivity index (χ2n) is 3.50. The molecule has 0 unspecified atom stereocenters. The molecule has 0 aliphatic rings. The van der Waals surface area contributed by atoms with Crippen molar-refractivity contribution in [1.29, 1.82) is 0 Å². The Labute approximate surface area is 102 Å². The first-order chi connectivity index (χ1) is 8.58. The number of nitrogens with zero attached hydrogens (tertiary/aromatic N) is 2. The minimum Gasteiger partial charge on any atom is -0.494 e. The van der Waals surface area contributed by atoms with Crippen LogP contribution in [0.3, 0.4) is 0 Å². The van der Waals surface area contributed by atoms with Gasteiger partial charge in [-0.15, -0.1) is 0 Å². The average molecular weight is 250 g/mol. The first-order valence-electron chi connectivity index (χ1n) is 5.02. The van der Waals surface area contributed by atoms with E-state index in [4.69, 9.17) is 4.74 Å². The van der Waals surface area contributed by atoms with Crippen molar-refractivity contribution < 1.29 is 19.9 Å². The molecule has 1 heterocycles. The Morgan fingerprint density at radius 3 is 2.17 bits per heavy atom. The summed E-state index contributed by atoms with van der Waals surface area (Å²) in [7, 11) is 0. The lowest BCUT2D eigenvalue weighted by Gasteiger charge is -2.08. The predicted octanol–water partition coefficient (Wildman–Crippen LogP) is 1.84. The summed E-state index contributed by atoms with van der Waals surface area (Å²) in [5.74, 6) is 0.136. The minimum absolute atomic E-state index is 0.0333. The van der Waals surface area contributed by atoms with Gasteiger partial charge in [-0.3, -0.25) is 10.1 Å². The standard InChI is InChI=1S/C11H10N2O5/c14-10-5-6-11(15)12(10)7-18-9-3-1-8(2-4-9)13(16)17/h1-6,14-15H,7H2. The Kier molecular flexibility index (Phi) is 3.05. The summed E-state index contributed by atoms with van der Waals surface area (Å²) in [6, 6.07) is 8.16. The van der Waals surface area contributed by atoms with Crippen molar-refractivity contribution in [1.82, 2.24) is 4.57 Å². The molecule has 0 bridgehead atoms. The van der Waals surface area contributed by atoms with Gasteiger partial charge in [-0.2, -0.15) is 0 Å². The Hall–Kier alpha value is -2.70. The van der Waals surface area contributed by atoms with Crippen LogP contribution in [-0.4, -0.2) is 19.7 Å². The van der Waals surface area contributed by atoms with E-state index in [0.29, 0.717) is 5.75 Å². The molecule has 94 valence electrons. The Bertz CT molecular complexity index is 542. The number of hydrogen-bond acceptors (Lipinski definition) is 5. The summed E-state index contributed by atoms with van der Waals surface area (Å²) >= 11 is 0. The zero-order chi connectivity index (χ0) is 13.1. The van der Waals surface area contributed by atoms with E-state index in [1.54, 1.807) is 0 Å².